The SMILES string of the molecule is CCc1cc(=O)n(C)c(SCC(=O)NCCc2ccc(Cl)cc2Cl)n1. The lowest BCUT2D eigenvalue weighted by Crippen LogP contribution is -2.28. The molecule has 8 heteroatoms. The van der Waals surface area contributed by atoms with Gasteiger partial charge in [0.15, 0.2) is 5.16 Å². The Morgan fingerprint density at radius 3 is 2.76 bits per heavy atom. The Bertz CT molecular complexity index is 824. The highest BCUT2D eigenvalue weighted by Crippen LogP contribution is 2.21. The van der Waals surface area contributed by atoms with E-state index in [1.165, 1.54) is 22.4 Å². The van der Waals surface area contributed by atoms with Gasteiger partial charge in [0.25, 0.3) is 5.56 Å². The standard InChI is InChI=1S/C17H19Cl2N3O2S/c1-3-13-9-16(24)22(2)17(21-13)25-10-15(23)20-7-6-11-4-5-12(18)8-14(11)19/h4-5,8-9H,3,6-7,10H2,1-2H3,(H,20,23). The van der Waals surface area contributed by atoms with Crippen molar-refractivity contribution in [3.63, 3.8) is 0 Å². The third-order valence-electron chi connectivity index (χ3n) is 3.57. The van der Waals surface area contributed by atoms with Gasteiger partial charge in [0.05, 0.1) is 5.75 Å². The van der Waals surface area contributed by atoms with Gasteiger partial charge in [-0.25, -0.2) is 4.98 Å². The van der Waals surface area contributed by atoms with E-state index < -0.39 is 0 Å². The maximum atomic E-state index is 12.0. The zero-order valence-electron chi connectivity index (χ0n) is 14.0. The van der Waals surface area contributed by atoms with Gasteiger partial charge in [-0.15, -0.1) is 0 Å². The fraction of sp³-hybridized carbons (Fsp3) is 0.353. The van der Waals surface area contributed by atoms with E-state index in [0.717, 1.165) is 11.3 Å². The second-order valence-corrected chi connectivity index (χ2v) is 7.19. The Hall–Kier alpha value is -1.50. The molecule has 1 amide bonds. The predicted molar refractivity (Wildman–Crippen MR) is 103 cm³/mol. The van der Waals surface area contributed by atoms with Crippen LogP contribution in [0.25, 0.3) is 0 Å². The molecule has 0 fully saturated rings. The highest BCUT2D eigenvalue weighted by molar-refractivity contribution is 7.99. The predicted octanol–water partition coefficient (Wildman–Crippen LogP) is 3.10. The zero-order valence-corrected chi connectivity index (χ0v) is 16.3. The van der Waals surface area contributed by atoms with Crippen molar-refractivity contribution in [2.75, 3.05) is 12.3 Å². The summed E-state index contributed by atoms with van der Waals surface area (Å²) in [6.45, 7) is 2.41. The summed E-state index contributed by atoms with van der Waals surface area (Å²) in [6, 6.07) is 6.82. The molecule has 2 rings (SSSR count). The number of thioether (sulfide) groups is 1. The third kappa shape index (κ3) is 5.76. The van der Waals surface area contributed by atoms with Crippen molar-refractivity contribution in [3.05, 3.63) is 55.9 Å². The van der Waals surface area contributed by atoms with Gasteiger partial charge >= 0.3 is 0 Å². The number of benzene rings is 1. The molecule has 1 heterocycles. The quantitative estimate of drug-likeness (QED) is 0.573. The molecule has 0 unspecified atom stereocenters. The Balaban J connectivity index is 1.85. The van der Waals surface area contributed by atoms with Gasteiger partial charge in [-0.05, 0) is 30.5 Å². The summed E-state index contributed by atoms with van der Waals surface area (Å²) in [5.74, 6) is 0.0770. The molecular weight excluding hydrogens is 381 g/mol. The van der Waals surface area contributed by atoms with E-state index in [9.17, 15) is 9.59 Å². The summed E-state index contributed by atoms with van der Waals surface area (Å²) in [7, 11) is 1.65. The van der Waals surface area contributed by atoms with Crippen molar-refractivity contribution in [1.29, 1.82) is 0 Å². The smallest absolute Gasteiger partial charge is 0.254 e. The normalized spacial score (nSPS) is 10.7. The lowest BCUT2D eigenvalue weighted by Gasteiger charge is -2.09. The number of hydrogen-bond acceptors (Lipinski definition) is 4. The molecule has 0 bridgehead atoms. The highest BCUT2D eigenvalue weighted by Gasteiger charge is 2.09. The molecule has 0 aliphatic heterocycles. The Morgan fingerprint density at radius 2 is 2.08 bits per heavy atom. The average molecular weight is 400 g/mol. The second kappa shape index (κ2) is 9.27. The molecule has 0 saturated heterocycles. The number of hydrogen-bond donors (Lipinski definition) is 1. The molecule has 134 valence electrons. The van der Waals surface area contributed by atoms with E-state index in [-0.39, 0.29) is 17.2 Å². The summed E-state index contributed by atoms with van der Waals surface area (Å²) in [5, 5.41) is 4.56. The van der Waals surface area contributed by atoms with E-state index in [1.54, 1.807) is 19.2 Å². The number of carbonyl (C=O) groups excluding carboxylic acids is 1. The summed E-state index contributed by atoms with van der Waals surface area (Å²) in [4.78, 5) is 28.2. The molecule has 5 nitrogen and oxygen atoms in total. The fourth-order valence-electron chi connectivity index (χ4n) is 2.12. The first-order chi connectivity index (χ1) is 11.9. The van der Waals surface area contributed by atoms with E-state index >= 15 is 0 Å². The van der Waals surface area contributed by atoms with Crippen molar-refractivity contribution in [1.82, 2.24) is 14.9 Å². The van der Waals surface area contributed by atoms with Crippen LogP contribution in [0.15, 0.2) is 34.2 Å². The van der Waals surface area contributed by atoms with Crippen LogP contribution in [0.3, 0.4) is 0 Å². The zero-order chi connectivity index (χ0) is 18.4. The number of halogens is 2. The maximum Gasteiger partial charge on any atom is 0.254 e. The molecule has 2 aromatic rings. The van der Waals surface area contributed by atoms with E-state index in [0.29, 0.717) is 34.6 Å². The monoisotopic (exact) mass is 399 g/mol. The number of nitrogens with zero attached hydrogens (tertiary/aromatic N) is 2. The minimum Gasteiger partial charge on any atom is -0.355 e. The molecule has 1 N–H and O–H groups in total. The lowest BCUT2D eigenvalue weighted by atomic mass is 10.1. The largest absolute Gasteiger partial charge is 0.355 e. The number of aryl methyl sites for hydroxylation is 1. The van der Waals surface area contributed by atoms with Crippen molar-refractivity contribution >= 4 is 40.9 Å². The molecule has 25 heavy (non-hydrogen) atoms. The second-order valence-electron chi connectivity index (χ2n) is 5.41. The van der Waals surface area contributed by atoms with Gasteiger partial charge in [0, 0.05) is 35.4 Å². The highest BCUT2D eigenvalue weighted by atomic mass is 35.5. The summed E-state index contributed by atoms with van der Waals surface area (Å²) in [6.07, 6.45) is 1.30. The van der Waals surface area contributed by atoms with Crippen molar-refractivity contribution in [2.24, 2.45) is 7.05 Å². The molecule has 1 aromatic carbocycles. The topological polar surface area (TPSA) is 64.0 Å². The first-order valence-electron chi connectivity index (χ1n) is 7.81. The lowest BCUT2D eigenvalue weighted by molar-refractivity contribution is -0.118. The van der Waals surface area contributed by atoms with Crippen LogP contribution in [0.5, 0.6) is 0 Å². The molecule has 0 radical (unpaired) electrons. The number of nitrogens with one attached hydrogen (secondary N) is 1. The number of carbonyl (C=O) groups is 1. The van der Waals surface area contributed by atoms with Crippen LogP contribution < -0.4 is 10.9 Å². The van der Waals surface area contributed by atoms with E-state index in [1.807, 2.05) is 13.0 Å². The van der Waals surface area contributed by atoms with Crippen molar-refractivity contribution in [3.8, 4) is 0 Å². The summed E-state index contributed by atoms with van der Waals surface area (Å²) < 4.78 is 1.45. The number of aromatic nitrogens is 2. The van der Waals surface area contributed by atoms with Crippen LogP contribution in [-0.4, -0.2) is 27.8 Å². The van der Waals surface area contributed by atoms with Gasteiger partial charge < -0.3 is 5.32 Å². The van der Waals surface area contributed by atoms with Crippen LogP contribution in [0.2, 0.25) is 10.0 Å². The molecule has 0 spiro atoms. The molecule has 1 aromatic heterocycles. The van der Waals surface area contributed by atoms with Crippen molar-refractivity contribution < 1.29 is 4.79 Å². The molecular formula is C17H19Cl2N3O2S. The summed E-state index contributed by atoms with van der Waals surface area (Å²) in [5.41, 5.74) is 1.54. The van der Waals surface area contributed by atoms with Crippen molar-refractivity contribution in [2.45, 2.75) is 24.9 Å². The van der Waals surface area contributed by atoms with Crippen LogP contribution in [0.4, 0.5) is 0 Å². The Kier molecular flexibility index (Phi) is 7.35. The van der Waals surface area contributed by atoms with Crippen LogP contribution in [-0.2, 0) is 24.7 Å². The fourth-order valence-corrected chi connectivity index (χ4v) is 3.45. The summed E-state index contributed by atoms with van der Waals surface area (Å²) >= 11 is 13.2. The minimum atomic E-state index is -0.119. The minimum absolute atomic E-state index is 0.118. The van der Waals surface area contributed by atoms with Gasteiger partial charge in [-0.2, -0.15) is 0 Å². The van der Waals surface area contributed by atoms with E-state index in [2.05, 4.69) is 10.3 Å². The first-order valence-corrected chi connectivity index (χ1v) is 9.55. The van der Waals surface area contributed by atoms with Crippen LogP contribution in [0.1, 0.15) is 18.2 Å². The maximum absolute atomic E-state index is 12.0. The number of amides is 1. The Labute approximate surface area is 160 Å². The average Bonchev–Trinajstić information content (AvgIpc) is 2.58. The Morgan fingerprint density at radius 1 is 1.32 bits per heavy atom. The third-order valence-corrected chi connectivity index (χ3v) is 5.19. The molecule has 0 aliphatic rings. The van der Waals surface area contributed by atoms with Gasteiger partial charge in [-0.1, -0.05) is 48.0 Å². The van der Waals surface area contributed by atoms with E-state index in [4.69, 9.17) is 23.2 Å². The van der Waals surface area contributed by atoms with Gasteiger partial charge in [0.1, 0.15) is 0 Å². The molecule has 0 aliphatic carbocycles. The van der Waals surface area contributed by atoms with Gasteiger partial charge in [-0.3, -0.25) is 14.2 Å². The molecule has 0 atom stereocenters. The van der Waals surface area contributed by atoms with Gasteiger partial charge in [0.2, 0.25) is 5.91 Å². The van der Waals surface area contributed by atoms with Crippen LogP contribution >= 0.6 is 35.0 Å². The number of rotatable bonds is 7. The first kappa shape index (κ1) is 19.8. The van der Waals surface area contributed by atoms with Crippen LogP contribution in [0, 0.1) is 0 Å². The molecule has 0 saturated carbocycles.